The highest BCUT2D eigenvalue weighted by Crippen LogP contribution is 2.35. The lowest BCUT2D eigenvalue weighted by Crippen LogP contribution is -2.26. The Balaban J connectivity index is 2.09. The quantitative estimate of drug-likeness (QED) is 0.575. The second-order valence-corrected chi connectivity index (χ2v) is 5.85. The maximum atomic E-state index is 12.2. The van der Waals surface area contributed by atoms with Crippen LogP contribution < -0.4 is 10.1 Å². The summed E-state index contributed by atoms with van der Waals surface area (Å²) in [5.41, 5.74) is 1.54. The van der Waals surface area contributed by atoms with E-state index >= 15 is 0 Å². The Bertz CT molecular complexity index is 842. The van der Waals surface area contributed by atoms with Crippen LogP contribution in [0.1, 0.15) is 18.1 Å². The standard InChI is InChI=1S/C20H19ClN2O3/c1-2-26-18-12-15(11-17(21)19(18)24)10-16(13-22)20(25)23-9-8-14-6-4-3-5-7-14/h3-7,10-12,24H,2,8-9H2,1H3,(H,23,25)/b16-10+. The van der Waals surface area contributed by atoms with Crippen molar-refractivity contribution in [3.8, 4) is 17.6 Å². The minimum Gasteiger partial charge on any atom is -0.503 e. The second kappa shape index (κ2) is 9.50. The Labute approximate surface area is 157 Å². The third-order valence-electron chi connectivity index (χ3n) is 3.57. The summed E-state index contributed by atoms with van der Waals surface area (Å²) in [5.74, 6) is -0.435. The van der Waals surface area contributed by atoms with Crippen molar-refractivity contribution in [2.45, 2.75) is 13.3 Å². The Morgan fingerprint density at radius 2 is 2.08 bits per heavy atom. The van der Waals surface area contributed by atoms with E-state index in [4.69, 9.17) is 16.3 Å². The van der Waals surface area contributed by atoms with Crippen LogP contribution in [0.3, 0.4) is 0 Å². The van der Waals surface area contributed by atoms with Gasteiger partial charge < -0.3 is 15.2 Å². The fourth-order valence-electron chi connectivity index (χ4n) is 2.32. The first kappa shape index (κ1) is 19.4. The summed E-state index contributed by atoms with van der Waals surface area (Å²) in [6.45, 7) is 2.54. The van der Waals surface area contributed by atoms with Crippen molar-refractivity contribution >= 4 is 23.6 Å². The lowest BCUT2D eigenvalue weighted by molar-refractivity contribution is -0.117. The SMILES string of the molecule is CCOc1cc(/C=C(\C#N)C(=O)NCCc2ccccc2)cc(Cl)c1O. The lowest BCUT2D eigenvalue weighted by atomic mass is 10.1. The van der Waals surface area contributed by atoms with E-state index in [9.17, 15) is 15.2 Å². The zero-order valence-electron chi connectivity index (χ0n) is 14.3. The molecular weight excluding hydrogens is 352 g/mol. The highest BCUT2D eigenvalue weighted by atomic mass is 35.5. The predicted molar refractivity (Wildman–Crippen MR) is 101 cm³/mol. The van der Waals surface area contributed by atoms with Gasteiger partial charge in [0, 0.05) is 6.54 Å². The molecule has 6 heteroatoms. The number of nitrogens with zero attached hydrogens (tertiary/aromatic N) is 1. The summed E-state index contributed by atoms with van der Waals surface area (Å²) in [6.07, 6.45) is 2.08. The molecule has 0 unspecified atom stereocenters. The Hall–Kier alpha value is -2.97. The number of aromatic hydroxyl groups is 1. The molecule has 0 aromatic heterocycles. The van der Waals surface area contributed by atoms with Crippen molar-refractivity contribution in [3.05, 3.63) is 64.2 Å². The molecule has 5 nitrogen and oxygen atoms in total. The minimum absolute atomic E-state index is 0.0535. The van der Waals surface area contributed by atoms with Gasteiger partial charge in [-0.1, -0.05) is 41.9 Å². The molecule has 0 fully saturated rings. The van der Waals surface area contributed by atoms with Crippen LogP contribution in [0.4, 0.5) is 0 Å². The molecule has 0 aliphatic rings. The fraction of sp³-hybridized carbons (Fsp3) is 0.200. The Morgan fingerprint density at radius 3 is 2.73 bits per heavy atom. The monoisotopic (exact) mass is 370 g/mol. The van der Waals surface area contributed by atoms with E-state index < -0.39 is 5.91 Å². The molecule has 2 rings (SSSR count). The van der Waals surface area contributed by atoms with Gasteiger partial charge in [-0.25, -0.2) is 0 Å². The van der Waals surface area contributed by atoms with Gasteiger partial charge in [-0.3, -0.25) is 4.79 Å². The number of amides is 1. The summed E-state index contributed by atoms with van der Waals surface area (Å²) in [7, 11) is 0. The molecule has 0 bridgehead atoms. The molecule has 2 aromatic carbocycles. The van der Waals surface area contributed by atoms with E-state index in [1.54, 1.807) is 6.92 Å². The summed E-state index contributed by atoms with van der Waals surface area (Å²) < 4.78 is 5.30. The number of halogens is 1. The van der Waals surface area contributed by atoms with Gasteiger partial charge in [-0.2, -0.15) is 5.26 Å². The van der Waals surface area contributed by atoms with Crippen molar-refractivity contribution in [1.29, 1.82) is 5.26 Å². The first-order chi connectivity index (χ1) is 12.5. The largest absolute Gasteiger partial charge is 0.503 e. The van der Waals surface area contributed by atoms with Crippen molar-refractivity contribution in [2.75, 3.05) is 13.2 Å². The highest BCUT2D eigenvalue weighted by molar-refractivity contribution is 6.32. The van der Waals surface area contributed by atoms with Gasteiger partial charge in [0.1, 0.15) is 11.6 Å². The van der Waals surface area contributed by atoms with E-state index in [1.807, 2.05) is 36.4 Å². The van der Waals surface area contributed by atoms with Crippen LogP contribution in [0.25, 0.3) is 6.08 Å². The molecule has 0 aliphatic heterocycles. The summed E-state index contributed by atoms with van der Waals surface area (Å²) >= 11 is 5.97. The lowest BCUT2D eigenvalue weighted by Gasteiger charge is -2.09. The molecule has 0 atom stereocenters. The molecule has 134 valence electrons. The Morgan fingerprint density at radius 1 is 1.35 bits per heavy atom. The van der Waals surface area contributed by atoms with Gasteiger partial charge in [0.05, 0.1) is 11.6 Å². The highest BCUT2D eigenvalue weighted by Gasteiger charge is 2.12. The van der Waals surface area contributed by atoms with E-state index in [0.717, 1.165) is 5.56 Å². The van der Waals surface area contributed by atoms with Gasteiger partial charge in [0.15, 0.2) is 11.5 Å². The van der Waals surface area contributed by atoms with E-state index in [0.29, 0.717) is 25.1 Å². The molecule has 26 heavy (non-hydrogen) atoms. The predicted octanol–water partition coefficient (Wildman–Crippen LogP) is 3.71. The molecule has 0 saturated carbocycles. The number of hydrogen-bond acceptors (Lipinski definition) is 4. The average molecular weight is 371 g/mol. The number of rotatable bonds is 7. The topological polar surface area (TPSA) is 82.3 Å². The van der Waals surface area contributed by atoms with Crippen LogP contribution in [-0.2, 0) is 11.2 Å². The third-order valence-corrected chi connectivity index (χ3v) is 3.86. The molecule has 2 aromatic rings. The number of nitriles is 1. The molecule has 1 amide bonds. The maximum Gasteiger partial charge on any atom is 0.261 e. The summed E-state index contributed by atoms with van der Waals surface area (Å²) in [5, 5.41) is 21.9. The van der Waals surface area contributed by atoms with E-state index in [-0.39, 0.29) is 22.1 Å². The van der Waals surface area contributed by atoms with Gasteiger partial charge in [-0.05, 0) is 42.7 Å². The van der Waals surface area contributed by atoms with E-state index in [2.05, 4.69) is 5.32 Å². The van der Waals surface area contributed by atoms with Crippen LogP contribution in [0, 0.1) is 11.3 Å². The van der Waals surface area contributed by atoms with Crippen molar-refractivity contribution in [3.63, 3.8) is 0 Å². The van der Waals surface area contributed by atoms with Crippen LogP contribution in [-0.4, -0.2) is 24.2 Å². The van der Waals surface area contributed by atoms with Crippen LogP contribution in [0.15, 0.2) is 48.0 Å². The van der Waals surface area contributed by atoms with Gasteiger partial charge in [-0.15, -0.1) is 0 Å². The average Bonchev–Trinajstić information content (AvgIpc) is 2.64. The van der Waals surface area contributed by atoms with Gasteiger partial charge >= 0.3 is 0 Å². The number of carbonyl (C=O) groups excluding carboxylic acids is 1. The maximum absolute atomic E-state index is 12.2. The van der Waals surface area contributed by atoms with Gasteiger partial charge in [0.25, 0.3) is 5.91 Å². The van der Waals surface area contributed by atoms with Gasteiger partial charge in [0.2, 0.25) is 0 Å². The molecular formula is C20H19ClN2O3. The van der Waals surface area contributed by atoms with Crippen LogP contribution in [0.2, 0.25) is 5.02 Å². The van der Waals surface area contributed by atoms with Crippen molar-refractivity contribution in [2.24, 2.45) is 0 Å². The van der Waals surface area contributed by atoms with Crippen LogP contribution in [0.5, 0.6) is 11.5 Å². The fourth-order valence-corrected chi connectivity index (χ4v) is 2.54. The number of ether oxygens (including phenoxy) is 1. The molecule has 0 radical (unpaired) electrons. The summed E-state index contributed by atoms with van der Waals surface area (Å²) in [6, 6.07) is 14.6. The normalized spacial score (nSPS) is 10.9. The number of nitrogens with one attached hydrogen (secondary N) is 1. The van der Waals surface area contributed by atoms with Crippen molar-refractivity contribution < 1.29 is 14.6 Å². The van der Waals surface area contributed by atoms with Crippen molar-refractivity contribution in [1.82, 2.24) is 5.32 Å². The summed E-state index contributed by atoms with van der Waals surface area (Å²) in [4.78, 5) is 12.2. The Kier molecular flexibility index (Phi) is 7.07. The first-order valence-electron chi connectivity index (χ1n) is 8.14. The molecule has 0 saturated heterocycles. The molecule has 0 aliphatic carbocycles. The number of benzene rings is 2. The van der Waals surface area contributed by atoms with Crippen LogP contribution >= 0.6 is 11.6 Å². The van der Waals surface area contributed by atoms with E-state index in [1.165, 1.54) is 18.2 Å². The first-order valence-corrected chi connectivity index (χ1v) is 8.52. The second-order valence-electron chi connectivity index (χ2n) is 5.44. The third kappa shape index (κ3) is 5.27. The molecule has 2 N–H and O–H groups in total. The number of phenols is 1. The smallest absolute Gasteiger partial charge is 0.261 e. The number of carbonyl (C=O) groups is 1. The minimum atomic E-state index is -0.467. The molecule has 0 spiro atoms. The zero-order valence-corrected chi connectivity index (χ0v) is 15.1. The zero-order chi connectivity index (χ0) is 18.9. The number of phenolic OH excluding ortho intramolecular Hbond substituents is 1. The number of hydrogen-bond donors (Lipinski definition) is 2. The molecule has 0 heterocycles.